The van der Waals surface area contributed by atoms with Crippen molar-refractivity contribution >= 4 is 11.8 Å². The fourth-order valence-electron chi connectivity index (χ4n) is 3.08. The molecule has 0 spiro atoms. The van der Waals surface area contributed by atoms with Crippen LogP contribution >= 0.6 is 0 Å². The smallest absolute Gasteiger partial charge is 0.309 e. The summed E-state index contributed by atoms with van der Waals surface area (Å²) in [5.41, 5.74) is 0.651. The van der Waals surface area contributed by atoms with E-state index in [2.05, 4.69) is 27.5 Å². The molecule has 150 valence electrons. The molecule has 1 fully saturated rings. The maximum Gasteiger partial charge on any atom is 0.309 e. The second kappa shape index (κ2) is 9.19. The van der Waals surface area contributed by atoms with E-state index in [4.69, 9.17) is 4.74 Å². The number of ether oxygens (including phenoxy) is 1. The van der Waals surface area contributed by atoms with Crippen molar-refractivity contribution < 1.29 is 14.3 Å². The van der Waals surface area contributed by atoms with Gasteiger partial charge in [0, 0.05) is 38.3 Å². The van der Waals surface area contributed by atoms with Crippen molar-refractivity contribution in [3.05, 3.63) is 29.8 Å². The van der Waals surface area contributed by atoms with Crippen LogP contribution in [0.5, 0.6) is 5.75 Å². The Morgan fingerprint density at radius 3 is 2.19 bits per heavy atom. The highest BCUT2D eigenvalue weighted by atomic mass is 16.5. The zero-order chi connectivity index (χ0) is 20.0. The highest BCUT2D eigenvalue weighted by Gasteiger charge is 2.26. The lowest BCUT2D eigenvalue weighted by Crippen LogP contribution is -2.51. The predicted octanol–water partition coefficient (Wildman–Crippen LogP) is 1.01. The van der Waals surface area contributed by atoms with Gasteiger partial charge in [-0.25, -0.2) is 0 Å². The Bertz CT molecular complexity index is 632. The van der Waals surface area contributed by atoms with Crippen LogP contribution in [-0.2, 0) is 9.59 Å². The molecule has 1 atom stereocenters. The number of carbonyl (C=O) groups excluding carboxylic acids is 2. The van der Waals surface area contributed by atoms with Crippen molar-refractivity contribution in [1.82, 2.24) is 20.4 Å². The van der Waals surface area contributed by atoms with Gasteiger partial charge >= 0.3 is 11.8 Å². The Morgan fingerprint density at radius 2 is 1.67 bits per heavy atom. The van der Waals surface area contributed by atoms with E-state index in [1.807, 2.05) is 45.0 Å². The summed E-state index contributed by atoms with van der Waals surface area (Å²) in [5.74, 6) is -0.406. The number of likely N-dealkylation sites (N-methyl/N-ethyl adjacent to an activating group) is 1. The molecule has 0 saturated carbocycles. The van der Waals surface area contributed by atoms with Crippen LogP contribution in [0.2, 0.25) is 0 Å². The summed E-state index contributed by atoms with van der Waals surface area (Å²) in [6.07, 6.45) is 0. The van der Waals surface area contributed by atoms with Crippen LogP contribution in [0.25, 0.3) is 0 Å². The van der Waals surface area contributed by atoms with Gasteiger partial charge in [0.1, 0.15) is 5.75 Å². The molecule has 1 aromatic rings. The maximum atomic E-state index is 12.2. The first-order valence-electron chi connectivity index (χ1n) is 9.36. The van der Waals surface area contributed by atoms with Crippen LogP contribution < -0.4 is 15.4 Å². The fraction of sp³-hybridized carbons (Fsp3) is 0.600. The average Bonchev–Trinajstić information content (AvgIpc) is 2.62. The molecule has 2 N–H and O–H groups in total. The van der Waals surface area contributed by atoms with Crippen molar-refractivity contribution in [1.29, 1.82) is 0 Å². The SMILES string of the molecule is COc1ccc(C(CNC(=O)C(=O)NC(C)(C)C)N2CCN(C)CC2)cc1. The van der Waals surface area contributed by atoms with E-state index in [0.29, 0.717) is 6.54 Å². The van der Waals surface area contributed by atoms with Gasteiger partial charge in [-0.05, 0) is 45.5 Å². The summed E-state index contributed by atoms with van der Waals surface area (Å²) >= 11 is 0. The molecule has 0 aromatic heterocycles. The molecule has 7 nitrogen and oxygen atoms in total. The molecule has 0 radical (unpaired) electrons. The molecule has 1 saturated heterocycles. The Balaban J connectivity index is 2.07. The van der Waals surface area contributed by atoms with Gasteiger partial charge < -0.3 is 20.3 Å². The van der Waals surface area contributed by atoms with Crippen LogP contribution in [0.1, 0.15) is 32.4 Å². The van der Waals surface area contributed by atoms with Crippen molar-refractivity contribution in [3.8, 4) is 5.75 Å². The van der Waals surface area contributed by atoms with Crippen LogP contribution in [0.3, 0.4) is 0 Å². The van der Waals surface area contributed by atoms with Gasteiger partial charge in [0.15, 0.2) is 0 Å². The van der Waals surface area contributed by atoms with E-state index in [-0.39, 0.29) is 6.04 Å². The van der Waals surface area contributed by atoms with Gasteiger partial charge in [-0.15, -0.1) is 0 Å². The minimum absolute atomic E-state index is 0.0102. The number of carbonyl (C=O) groups is 2. The van der Waals surface area contributed by atoms with Gasteiger partial charge in [0.05, 0.1) is 13.2 Å². The van der Waals surface area contributed by atoms with E-state index in [0.717, 1.165) is 37.5 Å². The minimum Gasteiger partial charge on any atom is -0.497 e. The standard InChI is InChI=1S/C20H32N4O3/c1-20(2,3)22-19(26)18(25)21-14-17(24-12-10-23(4)11-13-24)15-6-8-16(27-5)9-7-15/h6-9,17H,10-14H2,1-5H3,(H,21,25)(H,22,26). The lowest BCUT2D eigenvalue weighted by Gasteiger charge is -2.38. The fourth-order valence-corrected chi connectivity index (χ4v) is 3.08. The van der Waals surface area contributed by atoms with E-state index >= 15 is 0 Å². The van der Waals surface area contributed by atoms with Gasteiger partial charge in [0.2, 0.25) is 0 Å². The summed E-state index contributed by atoms with van der Waals surface area (Å²) < 4.78 is 5.24. The Labute approximate surface area is 162 Å². The largest absolute Gasteiger partial charge is 0.497 e. The molecule has 0 bridgehead atoms. The molecule has 7 heteroatoms. The Kier molecular flexibility index (Phi) is 7.21. The lowest BCUT2D eigenvalue weighted by atomic mass is 10.0. The third kappa shape index (κ3) is 6.52. The second-order valence-corrected chi connectivity index (χ2v) is 8.04. The third-order valence-electron chi connectivity index (χ3n) is 4.63. The van der Waals surface area contributed by atoms with Crippen molar-refractivity contribution in [2.24, 2.45) is 0 Å². The molecule has 2 rings (SSSR count). The average molecular weight is 377 g/mol. The van der Waals surface area contributed by atoms with Gasteiger partial charge in [0.25, 0.3) is 0 Å². The number of methoxy groups -OCH3 is 1. The number of hydrogen-bond donors (Lipinski definition) is 2. The Hall–Kier alpha value is -2.12. The van der Waals surface area contributed by atoms with E-state index in [1.54, 1.807) is 7.11 Å². The minimum atomic E-state index is -0.602. The molecule has 2 amide bonds. The van der Waals surface area contributed by atoms with Crippen LogP contribution in [0.4, 0.5) is 0 Å². The van der Waals surface area contributed by atoms with Crippen molar-refractivity contribution in [2.45, 2.75) is 32.4 Å². The normalized spacial score (nSPS) is 17.2. The van der Waals surface area contributed by atoms with Gasteiger partial charge in [-0.1, -0.05) is 12.1 Å². The summed E-state index contributed by atoms with van der Waals surface area (Å²) in [5, 5.41) is 5.50. The summed E-state index contributed by atoms with van der Waals surface area (Å²) in [7, 11) is 3.75. The van der Waals surface area contributed by atoms with Crippen LogP contribution in [0.15, 0.2) is 24.3 Å². The molecule has 1 aromatic carbocycles. The Morgan fingerprint density at radius 1 is 1.07 bits per heavy atom. The zero-order valence-electron chi connectivity index (χ0n) is 17.0. The molecule has 1 aliphatic rings. The predicted molar refractivity (Wildman–Crippen MR) is 106 cm³/mol. The number of benzene rings is 1. The van der Waals surface area contributed by atoms with Crippen molar-refractivity contribution in [3.63, 3.8) is 0 Å². The molecule has 0 aliphatic carbocycles. The number of nitrogens with zero attached hydrogens (tertiary/aromatic N) is 2. The zero-order valence-corrected chi connectivity index (χ0v) is 17.0. The summed E-state index contributed by atoms with van der Waals surface area (Å²) in [6, 6.07) is 7.89. The van der Waals surface area contributed by atoms with E-state index < -0.39 is 17.4 Å². The quantitative estimate of drug-likeness (QED) is 0.751. The highest BCUT2D eigenvalue weighted by Crippen LogP contribution is 2.23. The number of piperazine rings is 1. The van der Waals surface area contributed by atoms with Crippen LogP contribution in [-0.4, -0.2) is 74.0 Å². The highest BCUT2D eigenvalue weighted by molar-refractivity contribution is 6.35. The van der Waals surface area contributed by atoms with E-state index in [9.17, 15) is 9.59 Å². The van der Waals surface area contributed by atoms with E-state index in [1.165, 1.54) is 0 Å². The molecular weight excluding hydrogens is 344 g/mol. The first kappa shape index (κ1) is 21.2. The first-order chi connectivity index (χ1) is 12.7. The monoisotopic (exact) mass is 376 g/mol. The molecule has 1 aliphatic heterocycles. The number of hydrogen-bond acceptors (Lipinski definition) is 5. The first-order valence-corrected chi connectivity index (χ1v) is 9.36. The third-order valence-corrected chi connectivity index (χ3v) is 4.63. The second-order valence-electron chi connectivity index (χ2n) is 8.04. The number of nitrogens with one attached hydrogen (secondary N) is 2. The summed E-state index contributed by atoms with van der Waals surface area (Å²) in [4.78, 5) is 28.9. The number of rotatable bonds is 5. The van der Waals surface area contributed by atoms with Crippen molar-refractivity contribution in [2.75, 3.05) is 46.9 Å². The molecule has 1 unspecified atom stereocenters. The molecule has 1 heterocycles. The van der Waals surface area contributed by atoms with Gasteiger partial charge in [-0.2, -0.15) is 0 Å². The number of amides is 2. The molecular formula is C20H32N4O3. The van der Waals surface area contributed by atoms with Gasteiger partial charge in [-0.3, -0.25) is 14.5 Å². The summed E-state index contributed by atoms with van der Waals surface area (Å²) in [6.45, 7) is 9.71. The van der Waals surface area contributed by atoms with Crippen LogP contribution in [0, 0.1) is 0 Å². The topological polar surface area (TPSA) is 73.9 Å². The maximum absolute atomic E-state index is 12.2. The lowest BCUT2D eigenvalue weighted by molar-refractivity contribution is -0.140. The molecule has 27 heavy (non-hydrogen) atoms.